The Morgan fingerprint density at radius 3 is 1.31 bits per heavy atom. The Labute approximate surface area is 283 Å². The number of aromatic nitrogens is 4. The molecular weight excluding hydrogens is 597 g/mol. The Kier molecular flexibility index (Phi) is 6.15. The maximum absolute atomic E-state index is 5.39. The van der Waals surface area contributed by atoms with Gasteiger partial charge in [0.25, 0.3) is 0 Å². The first-order valence-corrected chi connectivity index (χ1v) is 16.5. The van der Waals surface area contributed by atoms with Gasteiger partial charge in [-0.3, -0.25) is 4.98 Å². The van der Waals surface area contributed by atoms with Crippen LogP contribution in [0.5, 0.6) is 0 Å². The Bertz CT molecular complexity index is 2580. The molecular formula is C45H28N4. The van der Waals surface area contributed by atoms with Crippen LogP contribution in [0.4, 0.5) is 0 Å². The zero-order valence-electron chi connectivity index (χ0n) is 26.5. The molecule has 0 spiro atoms. The molecule has 0 saturated carbocycles. The van der Waals surface area contributed by atoms with Crippen molar-refractivity contribution in [3.05, 3.63) is 169 Å². The highest BCUT2D eigenvalue weighted by molar-refractivity contribution is 6.14. The first-order valence-electron chi connectivity index (χ1n) is 16.5. The van der Waals surface area contributed by atoms with Crippen molar-refractivity contribution in [2.45, 2.75) is 0 Å². The van der Waals surface area contributed by atoms with E-state index >= 15 is 0 Å². The summed E-state index contributed by atoms with van der Waals surface area (Å²) < 4.78 is 2.34. The summed E-state index contributed by atoms with van der Waals surface area (Å²) >= 11 is 0. The van der Waals surface area contributed by atoms with Gasteiger partial charge in [-0.25, -0.2) is 9.97 Å². The third kappa shape index (κ3) is 4.35. The van der Waals surface area contributed by atoms with Crippen molar-refractivity contribution >= 4 is 51.6 Å². The fraction of sp³-hybridized carbons (Fsp3) is 0. The predicted molar refractivity (Wildman–Crippen MR) is 203 cm³/mol. The maximum Gasteiger partial charge on any atom is 0.0823 e. The van der Waals surface area contributed by atoms with Crippen LogP contribution in [0.25, 0.3) is 96.1 Å². The van der Waals surface area contributed by atoms with Gasteiger partial charge in [0.2, 0.25) is 0 Å². The van der Waals surface area contributed by atoms with E-state index in [0.717, 1.165) is 94.6 Å². The second-order valence-corrected chi connectivity index (χ2v) is 12.4. The minimum absolute atomic E-state index is 0.879. The molecule has 49 heavy (non-hydrogen) atoms. The molecule has 228 valence electrons. The van der Waals surface area contributed by atoms with Gasteiger partial charge in [-0.2, -0.15) is 0 Å². The van der Waals surface area contributed by atoms with Gasteiger partial charge in [0.05, 0.1) is 39.3 Å². The first-order chi connectivity index (χ1) is 24.3. The number of hydrogen-bond acceptors (Lipinski definition) is 3. The normalized spacial score (nSPS) is 12.3. The number of hydrogen-bond donors (Lipinski definition) is 0. The second-order valence-electron chi connectivity index (χ2n) is 12.4. The van der Waals surface area contributed by atoms with Crippen molar-refractivity contribution in [2.75, 3.05) is 0 Å². The van der Waals surface area contributed by atoms with Crippen molar-refractivity contribution in [1.82, 2.24) is 19.4 Å². The smallest absolute Gasteiger partial charge is 0.0823 e. The van der Waals surface area contributed by atoms with Gasteiger partial charge in [-0.15, -0.1) is 0 Å². The van der Waals surface area contributed by atoms with E-state index in [2.05, 4.69) is 162 Å². The molecule has 0 N–H and O–H groups in total. The zero-order valence-corrected chi connectivity index (χ0v) is 26.5. The molecule has 4 aromatic carbocycles. The van der Waals surface area contributed by atoms with Crippen LogP contribution in [0.3, 0.4) is 0 Å². The predicted octanol–water partition coefficient (Wildman–Crippen LogP) is 11.2. The van der Waals surface area contributed by atoms with E-state index < -0.39 is 0 Å². The quantitative estimate of drug-likeness (QED) is 0.196. The lowest BCUT2D eigenvalue weighted by Gasteiger charge is -2.11. The van der Waals surface area contributed by atoms with Crippen LogP contribution in [0.15, 0.2) is 146 Å². The third-order valence-electron chi connectivity index (χ3n) is 9.62. The molecule has 0 unspecified atom stereocenters. The van der Waals surface area contributed by atoms with E-state index in [1.807, 2.05) is 12.3 Å². The lowest BCUT2D eigenvalue weighted by molar-refractivity contribution is 1.25. The summed E-state index contributed by atoms with van der Waals surface area (Å²) in [4.78, 5) is 16.0. The molecule has 0 radical (unpaired) electrons. The number of benzene rings is 4. The number of fused-ring (bicyclic) bond motifs is 4. The fourth-order valence-corrected chi connectivity index (χ4v) is 7.45. The van der Waals surface area contributed by atoms with Crippen LogP contribution >= 0.6 is 0 Å². The van der Waals surface area contributed by atoms with Crippen LogP contribution < -0.4 is 0 Å². The molecule has 2 aliphatic heterocycles. The van der Waals surface area contributed by atoms with Gasteiger partial charge in [0.15, 0.2) is 0 Å². The van der Waals surface area contributed by atoms with E-state index in [1.165, 1.54) is 0 Å². The molecule has 4 aromatic heterocycles. The minimum Gasteiger partial charge on any atom is -0.315 e. The highest BCUT2D eigenvalue weighted by Gasteiger charge is 2.22. The molecule has 6 heterocycles. The molecule has 0 aliphatic carbocycles. The largest absolute Gasteiger partial charge is 0.315 e. The van der Waals surface area contributed by atoms with E-state index in [9.17, 15) is 0 Å². The number of rotatable bonds is 4. The van der Waals surface area contributed by atoms with Crippen molar-refractivity contribution < 1.29 is 0 Å². The molecule has 10 rings (SSSR count). The monoisotopic (exact) mass is 624 g/mol. The average Bonchev–Trinajstić information content (AvgIpc) is 3.99. The summed E-state index contributed by atoms with van der Waals surface area (Å²) in [6.07, 6.45) is 12.8. The van der Waals surface area contributed by atoms with Crippen LogP contribution in [-0.4, -0.2) is 19.4 Å². The third-order valence-corrected chi connectivity index (χ3v) is 9.62. The van der Waals surface area contributed by atoms with E-state index in [1.54, 1.807) is 0 Å². The summed E-state index contributed by atoms with van der Waals surface area (Å²) in [5.41, 5.74) is 15.3. The van der Waals surface area contributed by atoms with Gasteiger partial charge in [-0.1, -0.05) is 121 Å². The van der Waals surface area contributed by atoms with Crippen LogP contribution in [0.1, 0.15) is 22.8 Å². The maximum atomic E-state index is 5.39. The molecule has 4 nitrogen and oxygen atoms in total. The average molecular weight is 625 g/mol. The minimum atomic E-state index is 0.879. The van der Waals surface area contributed by atoms with Gasteiger partial charge < -0.3 is 4.40 Å². The number of nitrogens with zero attached hydrogens (tertiary/aromatic N) is 4. The van der Waals surface area contributed by atoms with Gasteiger partial charge in [-0.05, 0) is 58.7 Å². The molecule has 0 amide bonds. The van der Waals surface area contributed by atoms with Crippen LogP contribution in [0.2, 0.25) is 0 Å². The summed E-state index contributed by atoms with van der Waals surface area (Å²) in [6, 6.07) is 46.7. The van der Waals surface area contributed by atoms with E-state index in [0.29, 0.717) is 0 Å². The summed E-state index contributed by atoms with van der Waals surface area (Å²) in [7, 11) is 0. The Hall–Kier alpha value is -6.65. The topological polar surface area (TPSA) is 43.1 Å². The summed E-state index contributed by atoms with van der Waals surface area (Å²) in [6.45, 7) is 0. The highest BCUT2D eigenvalue weighted by atomic mass is 14.9. The van der Waals surface area contributed by atoms with Gasteiger partial charge in [0.1, 0.15) is 0 Å². The van der Waals surface area contributed by atoms with Gasteiger partial charge >= 0.3 is 0 Å². The molecule has 8 aromatic rings. The van der Waals surface area contributed by atoms with Crippen molar-refractivity contribution in [3.8, 4) is 44.5 Å². The van der Waals surface area contributed by atoms with Crippen molar-refractivity contribution in [2.24, 2.45) is 0 Å². The number of pyridine rings is 1. The van der Waals surface area contributed by atoms with Crippen molar-refractivity contribution in [1.29, 1.82) is 0 Å². The summed E-state index contributed by atoms with van der Waals surface area (Å²) in [5, 5.41) is 2.18. The fourth-order valence-electron chi connectivity index (χ4n) is 7.45. The molecule has 2 aliphatic rings. The Balaban J connectivity index is 1.48. The Morgan fingerprint density at radius 2 is 0.776 bits per heavy atom. The van der Waals surface area contributed by atoms with E-state index in [-0.39, 0.29) is 0 Å². The highest BCUT2D eigenvalue weighted by Crippen LogP contribution is 2.42. The molecule has 4 heteroatoms. The van der Waals surface area contributed by atoms with Crippen LogP contribution in [-0.2, 0) is 0 Å². The first kappa shape index (κ1) is 27.5. The second kappa shape index (κ2) is 11.0. The zero-order chi connectivity index (χ0) is 32.3. The standard InChI is InChI=1S/C45H28N4/c1-5-13-29(14-6-1)41-33-27-46-45-34(33)28-49-39(41)25-26-40(49)43(31-17-9-3-10-18-31)37-23-21-35(47-37)42(30-15-7-2-8-16-30)36-22-24-38(48-36)44(45)32-19-11-4-12-20-32/h1-28H. The van der Waals surface area contributed by atoms with Crippen LogP contribution in [0, 0.1) is 0 Å². The molecule has 6 bridgehead atoms. The molecule has 0 saturated heterocycles. The summed E-state index contributed by atoms with van der Waals surface area (Å²) in [5.74, 6) is 0. The SMILES string of the molecule is C1=Cc2nc1c(-c1ccccc1)c1nc(c(-c3ccccc3)c3ccc4c(-c5ccccc5)c5cnc(c2-c2ccccc2)c5cn34)C=C1. The lowest BCUT2D eigenvalue weighted by Crippen LogP contribution is -1.94. The lowest BCUT2D eigenvalue weighted by atomic mass is 9.98. The van der Waals surface area contributed by atoms with Crippen molar-refractivity contribution in [3.63, 3.8) is 0 Å². The molecule has 0 fully saturated rings. The van der Waals surface area contributed by atoms with E-state index in [4.69, 9.17) is 15.0 Å². The Morgan fingerprint density at radius 1 is 0.367 bits per heavy atom. The van der Waals surface area contributed by atoms with Gasteiger partial charge in [0, 0.05) is 45.4 Å². The molecule has 0 atom stereocenters.